The molecule has 4 aromatic rings. The SMILES string of the molecule is O=c1c2ccc(S(=O)(=O)c3cnn(CCO)c3)cc2cnn1Cc1cccc(C2CC2)n1. The van der Waals surface area contributed by atoms with E-state index in [2.05, 4.69) is 15.2 Å². The number of hydrogen-bond acceptors (Lipinski definition) is 7. The molecule has 0 aliphatic heterocycles. The maximum absolute atomic E-state index is 13.0. The number of aromatic nitrogens is 5. The Morgan fingerprint density at radius 2 is 1.91 bits per heavy atom. The first-order chi connectivity index (χ1) is 15.5. The molecule has 1 N–H and O–H groups in total. The zero-order chi connectivity index (χ0) is 22.3. The normalized spacial score (nSPS) is 14.2. The number of sulfone groups is 1. The van der Waals surface area contributed by atoms with Crippen molar-refractivity contribution in [2.75, 3.05) is 6.61 Å². The predicted molar refractivity (Wildman–Crippen MR) is 116 cm³/mol. The molecule has 0 atom stereocenters. The van der Waals surface area contributed by atoms with Crippen molar-refractivity contribution in [3.8, 4) is 0 Å². The summed E-state index contributed by atoms with van der Waals surface area (Å²) in [6.07, 6.45) is 6.41. The lowest BCUT2D eigenvalue weighted by Crippen LogP contribution is -2.24. The molecule has 1 aliphatic carbocycles. The minimum absolute atomic E-state index is 0.0215. The van der Waals surface area contributed by atoms with Crippen LogP contribution in [0.4, 0.5) is 0 Å². The van der Waals surface area contributed by atoms with Crippen LogP contribution < -0.4 is 5.56 Å². The molecule has 9 nitrogen and oxygen atoms in total. The van der Waals surface area contributed by atoms with Crippen molar-refractivity contribution in [2.45, 2.75) is 41.6 Å². The first-order valence-corrected chi connectivity index (χ1v) is 11.8. The van der Waals surface area contributed by atoms with E-state index in [0.717, 1.165) is 24.2 Å². The van der Waals surface area contributed by atoms with Gasteiger partial charge in [-0.05, 0) is 43.2 Å². The van der Waals surface area contributed by atoms with Crippen molar-refractivity contribution >= 4 is 20.6 Å². The van der Waals surface area contributed by atoms with E-state index in [1.54, 1.807) is 0 Å². The molecule has 5 rings (SSSR count). The van der Waals surface area contributed by atoms with Crippen LogP contribution in [0.2, 0.25) is 0 Å². The maximum Gasteiger partial charge on any atom is 0.274 e. The van der Waals surface area contributed by atoms with Crippen molar-refractivity contribution in [1.82, 2.24) is 24.5 Å². The third-order valence-corrected chi connectivity index (χ3v) is 7.22. The maximum atomic E-state index is 13.0. The number of rotatable bonds is 7. The van der Waals surface area contributed by atoms with E-state index < -0.39 is 9.84 Å². The van der Waals surface area contributed by atoms with Gasteiger partial charge < -0.3 is 5.11 Å². The Morgan fingerprint density at radius 1 is 1.06 bits per heavy atom. The molecule has 32 heavy (non-hydrogen) atoms. The summed E-state index contributed by atoms with van der Waals surface area (Å²) >= 11 is 0. The van der Waals surface area contributed by atoms with Crippen LogP contribution in [-0.4, -0.2) is 44.7 Å². The fourth-order valence-corrected chi connectivity index (χ4v) is 4.88. The first-order valence-electron chi connectivity index (χ1n) is 10.3. The number of aliphatic hydroxyl groups is 1. The van der Waals surface area contributed by atoms with E-state index in [4.69, 9.17) is 5.11 Å². The molecular formula is C22H21N5O4S. The van der Waals surface area contributed by atoms with E-state index >= 15 is 0 Å². The zero-order valence-corrected chi connectivity index (χ0v) is 17.9. The molecule has 3 heterocycles. The van der Waals surface area contributed by atoms with Crippen LogP contribution >= 0.6 is 0 Å². The predicted octanol–water partition coefficient (Wildman–Crippen LogP) is 1.74. The Balaban J connectivity index is 1.46. The summed E-state index contributed by atoms with van der Waals surface area (Å²) in [5.41, 5.74) is 1.51. The minimum Gasteiger partial charge on any atom is -0.394 e. The van der Waals surface area contributed by atoms with Gasteiger partial charge in [-0.15, -0.1) is 0 Å². The highest BCUT2D eigenvalue weighted by Gasteiger charge is 2.25. The smallest absolute Gasteiger partial charge is 0.274 e. The van der Waals surface area contributed by atoms with E-state index in [1.807, 2.05) is 18.2 Å². The molecule has 1 saturated carbocycles. The quantitative estimate of drug-likeness (QED) is 0.454. The van der Waals surface area contributed by atoms with Crippen LogP contribution in [0.1, 0.15) is 30.1 Å². The summed E-state index contributed by atoms with van der Waals surface area (Å²) in [5.74, 6) is 0.521. The molecule has 0 radical (unpaired) electrons. The minimum atomic E-state index is -3.82. The summed E-state index contributed by atoms with van der Waals surface area (Å²) in [6, 6.07) is 10.2. The van der Waals surface area contributed by atoms with Crippen LogP contribution in [0.5, 0.6) is 0 Å². The molecule has 1 fully saturated rings. The highest BCUT2D eigenvalue weighted by atomic mass is 32.2. The number of aliphatic hydroxyl groups excluding tert-OH is 1. The third-order valence-electron chi connectivity index (χ3n) is 5.52. The summed E-state index contributed by atoms with van der Waals surface area (Å²) in [6.45, 7) is 0.310. The van der Waals surface area contributed by atoms with Gasteiger partial charge in [-0.2, -0.15) is 10.2 Å². The van der Waals surface area contributed by atoms with Crippen LogP contribution in [0, 0.1) is 0 Å². The van der Waals surface area contributed by atoms with Gasteiger partial charge in [0.2, 0.25) is 9.84 Å². The lowest BCUT2D eigenvalue weighted by molar-refractivity contribution is 0.269. The lowest BCUT2D eigenvalue weighted by Gasteiger charge is -2.08. The largest absolute Gasteiger partial charge is 0.394 e. The van der Waals surface area contributed by atoms with Crippen molar-refractivity contribution in [3.63, 3.8) is 0 Å². The Labute approximate surface area is 183 Å². The fraction of sp³-hybridized carbons (Fsp3) is 0.273. The lowest BCUT2D eigenvalue weighted by atomic mass is 10.2. The molecule has 0 unspecified atom stereocenters. The van der Waals surface area contributed by atoms with Crippen molar-refractivity contribution in [1.29, 1.82) is 0 Å². The van der Waals surface area contributed by atoms with Crippen LogP contribution in [-0.2, 0) is 22.9 Å². The van der Waals surface area contributed by atoms with E-state index in [1.165, 1.54) is 46.2 Å². The molecule has 0 spiro atoms. The van der Waals surface area contributed by atoms with E-state index in [9.17, 15) is 13.2 Å². The van der Waals surface area contributed by atoms with Crippen LogP contribution in [0.25, 0.3) is 10.8 Å². The molecule has 1 aliphatic rings. The number of nitrogens with zero attached hydrogens (tertiary/aromatic N) is 5. The van der Waals surface area contributed by atoms with Gasteiger partial charge in [0, 0.05) is 23.2 Å². The Morgan fingerprint density at radius 3 is 2.69 bits per heavy atom. The van der Waals surface area contributed by atoms with Crippen molar-refractivity contribution < 1.29 is 13.5 Å². The molecule has 1 aromatic carbocycles. The van der Waals surface area contributed by atoms with Crippen molar-refractivity contribution in [2.24, 2.45) is 0 Å². The third kappa shape index (κ3) is 3.82. The second-order valence-electron chi connectivity index (χ2n) is 7.85. The first kappa shape index (κ1) is 20.5. The second-order valence-corrected chi connectivity index (χ2v) is 9.80. The average Bonchev–Trinajstić information content (AvgIpc) is 3.54. The molecule has 10 heteroatoms. The number of pyridine rings is 1. The Bertz CT molecular complexity index is 1470. The molecule has 3 aromatic heterocycles. The van der Waals surface area contributed by atoms with Crippen molar-refractivity contribution in [3.05, 3.63) is 76.7 Å². The topological polar surface area (TPSA) is 120 Å². The van der Waals surface area contributed by atoms with Crippen LogP contribution in [0.3, 0.4) is 0 Å². The van der Waals surface area contributed by atoms with Gasteiger partial charge in [-0.25, -0.2) is 13.1 Å². The monoisotopic (exact) mass is 451 g/mol. The number of fused-ring (bicyclic) bond motifs is 1. The average molecular weight is 452 g/mol. The van der Waals surface area contributed by atoms with Gasteiger partial charge in [0.1, 0.15) is 4.90 Å². The number of hydrogen-bond donors (Lipinski definition) is 1. The van der Waals surface area contributed by atoms with E-state index in [0.29, 0.717) is 16.7 Å². The van der Waals surface area contributed by atoms with Gasteiger partial charge in [-0.3, -0.25) is 14.5 Å². The summed E-state index contributed by atoms with van der Waals surface area (Å²) in [7, 11) is -3.82. The van der Waals surface area contributed by atoms with Gasteiger partial charge in [0.05, 0.1) is 48.1 Å². The number of benzene rings is 1. The zero-order valence-electron chi connectivity index (χ0n) is 17.1. The van der Waals surface area contributed by atoms with Gasteiger partial charge >= 0.3 is 0 Å². The molecule has 0 saturated heterocycles. The highest BCUT2D eigenvalue weighted by Crippen LogP contribution is 2.38. The fourth-order valence-electron chi connectivity index (χ4n) is 3.64. The van der Waals surface area contributed by atoms with E-state index in [-0.39, 0.29) is 35.0 Å². The summed E-state index contributed by atoms with van der Waals surface area (Å²) in [4.78, 5) is 17.7. The standard InChI is InChI=1S/C22H21N5O4S/c28-9-8-26-14-19(12-23-26)32(30,31)18-6-7-20-16(10-18)11-24-27(22(20)29)13-17-2-1-3-21(25-17)15-4-5-15/h1-3,6-7,10-12,14-15,28H,4-5,8-9,13H2. The highest BCUT2D eigenvalue weighted by molar-refractivity contribution is 7.91. The van der Waals surface area contributed by atoms with Gasteiger partial charge in [0.25, 0.3) is 5.56 Å². The summed E-state index contributed by atoms with van der Waals surface area (Å²) < 4.78 is 28.6. The Kier molecular flexibility index (Phi) is 5.10. The molecular weight excluding hydrogens is 430 g/mol. The Hall–Kier alpha value is -3.37. The summed E-state index contributed by atoms with van der Waals surface area (Å²) in [5, 5.41) is 18.0. The van der Waals surface area contributed by atoms with Gasteiger partial charge in [0.15, 0.2) is 0 Å². The second kappa shape index (κ2) is 7.95. The van der Waals surface area contributed by atoms with Crippen LogP contribution in [0.15, 0.2) is 69.6 Å². The van der Waals surface area contributed by atoms with Gasteiger partial charge in [-0.1, -0.05) is 6.07 Å². The molecule has 0 bridgehead atoms. The molecule has 0 amide bonds. The molecule has 164 valence electrons.